The molecule has 0 bridgehead atoms. The van der Waals surface area contributed by atoms with E-state index in [9.17, 15) is 9.59 Å². The van der Waals surface area contributed by atoms with Crippen LogP contribution >= 0.6 is 34.4 Å². The number of carbonyl (C=O) groups excluding carboxylic acids is 1. The van der Waals surface area contributed by atoms with Crippen molar-refractivity contribution in [2.45, 2.75) is 12.5 Å². The van der Waals surface area contributed by atoms with Gasteiger partial charge in [-0.1, -0.05) is 78.3 Å². The molecule has 7 heteroatoms. The minimum atomic E-state index is -0.683. The number of benzene rings is 4. The van der Waals surface area contributed by atoms with E-state index >= 15 is 0 Å². The molecule has 5 nitrogen and oxygen atoms in total. The van der Waals surface area contributed by atoms with Crippen molar-refractivity contribution in [1.29, 1.82) is 0 Å². The van der Waals surface area contributed by atoms with Crippen molar-refractivity contribution in [3.8, 4) is 11.5 Å². The van der Waals surface area contributed by atoms with E-state index in [1.54, 1.807) is 13.1 Å². The summed E-state index contributed by atoms with van der Waals surface area (Å²) in [6.45, 7) is 0. The lowest BCUT2D eigenvalue weighted by Crippen LogP contribution is -2.35. The summed E-state index contributed by atoms with van der Waals surface area (Å²) in [6.07, 6.45) is 0.409. The number of fused-ring (bicyclic) bond motifs is 1. The Kier molecular flexibility index (Phi) is 6.96. The van der Waals surface area contributed by atoms with Gasteiger partial charge in [-0.25, -0.2) is 0 Å². The first kappa shape index (κ1) is 23.3. The van der Waals surface area contributed by atoms with Gasteiger partial charge in [-0.15, -0.1) is 0 Å². The zero-order valence-corrected chi connectivity index (χ0v) is 21.6. The van der Waals surface area contributed by atoms with E-state index in [1.807, 2.05) is 126 Å². The largest absolute Gasteiger partial charge is 0.457 e. The fourth-order valence-electron chi connectivity index (χ4n) is 3.85. The van der Waals surface area contributed by atoms with Gasteiger partial charge in [-0.2, -0.15) is 0 Å². The van der Waals surface area contributed by atoms with Crippen molar-refractivity contribution in [3.63, 3.8) is 0 Å². The van der Waals surface area contributed by atoms with Gasteiger partial charge in [-0.3, -0.25) is 16.7 Å². The Morgan fingerprint density at radius 1 is 0.857 bits per heavy atom. The van der Waals surface area contributed by atoms with E-state index in [4.69, 9.17) is 4.74 Å². The van der Waals surface area contributed by atoms with Crippen LogP contribution in [-0.2, 0) is 11.2 Å². The zero-order valence-electron chi connectivity index (χ0n) is 18.6. The smallest absolute Gasteiger partial charge is 0.269 e. The summed E-state index contributed by atoms with van der Waals surface area (Å²) in [5.41, 5.74) is 1.52. The van der Waals surface area contributed by atoms with Crippen molar-refractivity contribution in [2.24, 2.45) is 0 Å². The lowest BCUT2D eigenvalue weighted by atomic mass is 10.1. The number of hydrogen-bond donors (Lipinski definition) is 0. The Balaban J connectivity index is 1.49. The molecule has 1 aromatic heterocycles. The topological polar surface area (TPSA) is 51.5 Å². The third-order valence-electron chi connectivity index (χ3n) is 5.57. The van der Waals surface area contributed by atoms with Gasteiger partial charge in [0.1, 0.15) is 17.5 Å². The molecule has 0 N–H and O–H groups in total. The Bertz CT molecular complexity index is 1520. The number of halogens is 1. The van der Waals surface area contributed by atoms with E-state index in [-0.39, 0.29) is 11.5 Å². The molecule has 5 rings (SSSR count). The number of para-hydroxylation sites is 1. The van der Waals surface area contributed by atoms with Crippen LogP contribution in [0.3, 0.4) is 0 Å². The van der Waals surface area contributed by atoms with Crippen LogP contribution in [-0.4, -0.2) is 9.86 Å². The van der Waals surface area contributed by atoms with Gasteiger partial charge < -0.3 is 4.74 Å². The standard InChI is InChI=1S/C28H21IN2O3S/c29-30(21-12-9-15-23(19-21)34-22-13-5-2-6-14-22)28(33)25(18-20-10-3-1-4-11-20)31-27(32)24-16-7-8-17-26(24)35-31/h1-17,19,25H,18H2. The fraction of sp³-hybridized carbons (Fsp3) is 0.0714. The van der Waals surface area contributed by atoms with Crippen molar-refractivity contribution in [1.82, 2.24) is 3.96 Å². The summed E-state index contributed by atoms with van der Waals surface area (Å²) >= 11 is 3.34. The van der Waals surface area contributed by atoms with Crippen molar-refractivity contribution in [2.75, 3.05) is 3.11 Å². The highest BCUT2D eigenvalue weighted by molar-refractivity contribution is 14.1. The molecule has 0 spiro atoms. The molecule has 5 aromatic rings. The summed E-state index contributed by atoms with van der Waals surface area (Å²) in [5, 5.41) is 0.627. The monoisotopic (exact) mass is 592 g/mol. The van der Waals surface area contributed by atoms with Crippen molar-refractivity contribution in [3.05, 3.63) is 125 Å². The van der Waals surface area contributed by atoms with Crippen LogP contribution < -0.4 is 13.4 Å². The van der Waals surface area contributed by atoms with Crippen LogP contribution in [0, 0.1) is 0 Å². The van der Waals surface area contributed by atoms with Gasteiger partial charge >= 0.3 is 0 Å². The third kappa shape index (κ3) is 5.16. The van der Waals surface area contributed by atoms with Crippen molar-refractivity contribution >= 4 is 56.1 Å². The number of rotatable bonds is 7. The number of anilines is 1. The summed E-state index contributed by atoms with van der Waals surface area (Å²) < 4.78 is 9.99. The summed E-state index contributed by atoms with van der Waals surface area (Å²) in [5.74, 6) is 1.16. The molecule has 0 saturated carbocycles. The van der Waals surface area contributed by atoms with E-state index in [1.165, 1.54) is 11.5 Å². The van der Waals surface area contributed by atoms with Gasteiger partial charge in [0.2, 0.25) is 0 Å². The normalized spacial score (nSPS) is 11.8. The highest BCUT2D eigenvalue weighted by atomic mass is 127. The molecule has 174 valence electrons. The Labute approximate surface area is 220 Å². The first-order chi connectivity index (χ1) is 17.1. The second-order valence-electron chi connectivity index (χ2n) is 7.96. The summed E-state index contributed by atoms with van der Waals surface area (Å²) in [7, 11) is 0. The van der Waals surface area contributed by atoms with Crippen LogP contribution in [0.1, 0.15) is 11.6 Å². The molecule has 1 heterocycles. The average Bonchev–Trinajstić information content (AvgIpc) is 3.24. The van der Waals surface area contributed by atoms with Crippen LogP contribution in [0.15, 0.2) is 114 Å². The van der Waals surface area contributed by atoms with Crippen molar-refractivity contribution < 1.29 is 9.53 Å². The minimum Gasteiger partial charge on any atom is -0.457 e. The highest BCUT2D eigenvalue weighted by Crippen LogP contribution is 2.31. The predicted octanol–water partition coefficient (Wildman–Crippen LogP) is 7.02. The summed E-state index contributed by atoms with van der Waals surface area (Å²) in [4.78, 5) is 27.1. The minimum absolute atomic E-state index is 0.147. The van der Waals surface area contributed by atoms with E-state index in [0.29, 0.717) is 23.2 Å². The number of amides is 1. The second-order valence-corrected chi connectivity index (χ2v) is 9.94. The van der Waals surface area contributed by atoms with E-state index in [2.05, 4.69) is 0 Å². The molecule has 0 saturated heterocycles. The first-order valence-corrected chi connectivity index (χ1v) is 12.8. The van der Waals surface area contributed by atoms with Crippen LogP contribution in [0.2, 0.25) is 0 Å². The molecular weight excluding hydrogens is 571 g/mol. The van der Waals surface area contributed by atoms with E-state index in [0.717, 1.165) is 16.0 Å². The lowest BCUT2D eigenvalue weighted by molar-refractivity contribution is -0.120. The van der Waals surface area contributed by atoms with Crippen LogP contribution in [0.25, 0.3) is 10.1 Å². The number of ether oxygens (including phenoxy) is 1. The number of aromatic nitrogens is 1. The lowest BCUT2D eigenvalue weighted by Gasteiger charge is -2.23. The first-order valence-electron chi connectivity index (χ1n) is 11.1. The molecule has 35 heavy (non-hydrogen) atoms. The Hall–Kier alpha value is -3.43. The molecule has 0 fully saturated rings. The fourth-order valence-corrected chi connectivity index (χ4v) is 5.55. The zero-order chi connectivity index (χ0) is 24.2. The number of carbonyl (C=O) groups is 1. The van der Waals surface area contributed by atoms with Gasteiger partial charge in [0, 0.05) is 12.5 Å². The molecule has 0 aliphatic rings. The van der Waals surface area contributed by atoms with Crippen LogP contribution in [0.4, 0.5) is 5.69 Å². The maximum absolute atomic E-state index is 13.9. The molecule has 0 aliphatic carbocycles. The predicted molar refractivity (Wildman–Crippen MR) is 150 cm³/mol. The number of nitrogens with zero attached hydrogens (tertiary/aromatic N) is 2. The third-order valence-corrected chi connectivity index (χ3v) is 7.77. The van der Waals surface area contributed by atoms with Crippen LogP contribution in [0.5, 0.6) is 11.5 Å². The van der Waals surface area contributed by atoms with Gasteiger partial charge in [0.15, 0.2) is 0 Å². The molecule has 4 aromatic carbocycles. The van der Waals surface area contributed by atoms with E-state index < -0.39 is 6.04 Å². The van der Waals surface area contributed by atoms with Gasteiger partial charge in [0.25, 0.3) is 11.5 Å². The SMILES string of the molecule is O=C(C(Cc1ccccc1)n1sc2ccccc2c1=O)N(I)c1cccc(Oc2ccccc2)c1. The molecule has 0 radical (unpaired) electrons. The second kappa shape index (κ2) is 10.5. The maximum Gasteiger partial charge on any atom is 0.269 e. The molecule has 1 unspecified atom stereocenters. The molecular formula is C28H21IN2O3S. The highest BCUT2D eigenvalue weighted by Gasteiger charge is 2.29. The quantitative estimate of drug-likeness (QED) is 0.151. The Morgan fingerprint density at radius 2 is 1.51 bits per heavy atom. The number of hydrogen-bond acceptors (Lipinski definition) is 4. The van der Waals surface area contributed by atoms with Gasteiger partial charge in [0.05, 0.1) is 38.6 Å². The maximum atomic E-state index is 13.9. The molecule has 1 atom stereocenters. The molecule has 0 aliphatic heterocycles. The average molecular weight is 592 g/mol. The van der Waals surface area contributed by atoms with Gasteiger partial charge in [-0.05, 0) is 42.0 Å². The Morgan fingerprint density at radius 3 is 2.26 bits per heavy atom. The summed E-state index contributed by atoms with van der Waals surface area (Å²) in [6, 6.07) is 33.4. The molecule has 1 amide bonds.